The Labute approximate surface area is 74.0 Å². The standard InChI is InChI=1S/C9H16ClN/c1-7-6-8(11(2)3)4-5-9(7)10/h8-9H,1,4-6H2,2-3H3. The van der Waals surface area contributed by atoms with Crippen LogP contribution in [0.4, 0.5) is 0 Å². The molecular formula is C9H16ClN. The first-order chi connectivity index (χ1) is 5.11. The molecule has 0 N–H and O–H groups in total. The van der Waals surface area contributed by atoms with Crippen LogP contribution in [-0.2, 0) is 0 Å². The highest BCUT2D eigenvalue weighted by Crippen LogP contribution is 2.28. The highest BCUT2D eigenvalue weighted by atomic mass is 35.5. The van der Waals surface area contributed by atoms with E-state index >= 15 is 0 Å². The van der Waals surface area contributed by atoms with Gasteiger partial charge in [-0.3, -0.25) is 0 Å². The van der Waals surface area contributed by atoms with Gasteiger partial charge in [0.1, 0.15) is 0 Å². The molecule has 0 aromatic heterocycles. The molecule has 0 spiro atoms. The van der Waals surface area contributed by atoms with Gasteiger partial charge in [-0.15, -0.1) is 11.6 Å². The summed E-state index contributed by atoms with van der Waals surface area (Å²) in [7, 11) is 4.24. The predicted octanol–water partition coefficient (Wildman–Crippen LogP) is 2.26. The summed E-state index contributed by atoms with van der Waals surface area (Å²) in [4.78, 5) is 2.26. The Bertz CT molecular complexity index is 154. The fourth-order valence-corrected chi connectivity index (χ4v) is 1.73. The van der Waals surface area contributed by atoms with Gasteiger partial charge in [0, 0.05) is 6.04 Å². The Morgan fingerprint density at radius 1 is 1.45 bits per heavy atom. The van der Waals surface area contributed by atoms with Crippen LogP contribution in [0.15, 0.2) is 12.2 Å². The normalized spacial score (nSPS) is 32.9. The predicted molar refractivity (Wildman–Crippen MR) is 50.1 cm³/mol. The number of nitrogens with zero attached hydrogens (tertiary/aromatic N) is 1. The van der Waals surface area contributed by atoms with Gasteiger partial charge in [-0.2, -0.15) is 0 Å². The highest BCUT2D eigenvalue weighted by Gasteiger charge is 2.23. The average molecular weight is 174 g/mol. The van der Waals surface area contributed by atoms with Gasteiger partial charge in [-0.05, 0) is 33.4 Å². The molecule has 11 heavy (non-hydrogen) atoms. The number of halogens is 1. The largest absolute Gasteiger partial charge is 0.306 e. The number of rotatable bonds is 1. The van der Waals surface area contributed by atoms with Gasteiger partial charge in [0.05, 0.1) is 5.38 Å². The van der Waals surface area contributed by atoms with Crippen molar-refractivity contribution < 1.29 is 0 Å². The minimum absolute atomic E-state index is 0.228. The molecule has 0 radical (unpaired) electrons. The SMILES string of the molecule is C=C1CC(N(C)C)CCC1Cl. The Hall–Kier alpha value is -0.0100. The molecule has 1 saturated carbocycles. The highest BCUT2D eigenvalue weighted by molar-refractivity contribution is 6.22. The lowest BCUT2D eigenvalue weighted by Gasteiger charge is -2.31. The smallest absolute Gasteiger partial charge is 0.0543 e. The van der Waals surface area contributed by atoms with Crippen LogP contribution >= 0.6 is 11.6 Å². The van der Waals surface area contributed by atoms with Gasteiger partial charge in [0.15, 0.2) is 0 Å². The van der Waals surface area contributed by atoms with E-state index in [1.54, 1.807) is 0 Å². The third kappa shape index (κ3) is 2.21. The molecule has 1 rings (SSSR count). The fourth-order valence-electron chi connectivity index (χ4n) is 1.52. The number of hydrogen-bond acceptors (Lipinski definition) is 1. The van der Waals surface area contributed by atoms with Crippen LogP contribution in [0.2, 0.25) is 0 Å². The monoisotopic (exact) mass is 173 g/mol. The van der Waals surface area contributed by atoms with Crippen molar-refractivity contribution in [2.75, 3.05) is 14.1 Å². The van der Waals surface area contributed by atoms with Crippen LogP contribution in [0, 0.1) is 0 Å². The Balaban J connectivity index is 2.46. The summed E-state index contributed by atoms with van der Waals surface area (Å²) in [5.74, 6) is 0. The van der Waals surface area contributed by atoms with Crippen molar-refractivity contribution in [3.63, 3.8) is 0 Å². The lowest BCUT2D eigenvalue weighted by molar-refractivity contribution is 0.256. The summed E-state index contributed by atoms with van der Waals surface area (Å²) in [5.41, 5.74) is 1.21. The Morgan fingerprint density at radius 2 is 2.09 bits per heavy atom. The third-order valence-corrected chi connectivity index (χ3v) is 2.95. The van der Waals surface area contributed by atoms with Crippen molar-refractivity contribution in [2.45, 2.75) is 30.7 Å². The summed E-state index contributed by atoms with van der Waals surface area (Å²) in [6.45, 7) is 3.97. The van der Waals surface area contributed by atoms with Crippen molar-refractivity contribution in [3.05, 3.63) is 12.2 Å². The maximum atomic E-state index is 6.02. The van der Waals surface area contributed by atoms with E-state index in [-0.39, 0.29) is 5.38 Å². The first-order valence-corrected chi connectivity index (χ1v) is 4.53. The van der Waals surface area contributed by atoms with Crippen molar-refractivity contribution in [1.29, 1.82) is 0 Å². The molecule has 0 amide bonds. The molecule has 0 bridgehead atoms. The van der Waals surface area contributed by atoms with Crippen LogP contribution in [0.3, 0.4) is 0 Å². The van der Waals surface area contributed by atoms with E-state index in [0.717, 1.165) is 12.8 Å². The maximum absolute atomic E-state index is 6.02. The molecule has 1 fully saturated rings. The first-order valence-electron chi connectivity index (χ1n) is 4.09. The number of hydrogen-bond donors (Lipinski definition) is 0. The van der Waals surface area contributed by atoms with Gasteiger partial charge in [0.2, 0.25) is 0 Å². The molecule has 0 saturated heterocycles. The van der Waals surface area contributed by atoms with Crippen molar-refractivity contribution in [2.24, 2.45) is 0 Å². The average Bonchev–Trinajstić information content (AvgIpc) is 1.94. The van der Waals surface area contributed by atoms with Crippen LogP contribution in [0.5, 0.6) is 0 Å². The quantitative estimate of drug-likeness (QED) is 0.435. The molecule has 2 heteroatoms. The zero-order valence-corrected chi connectivity index (χ0v) is 8.06. The zero-order chi connectivity index (χ0) is 8.43. The number of alkyl halides is 1. The molecule has 0 aromatic carbocycles. The van der Waals surface area contributed by atoms with Gasteiger partial charge < -0.3 is 4.90 Å². The minimum atomic E-state index is 0.228. The van der Waals surface area contributed by atoms with E-state index in [2.05, 4.69) is 25.6 Å². The van der Waals surface area contributed by atoms with Crippen LogP contribution in [0.1, 0.15) is 19.3 Å². The molecule has 2 unspecified atom stereocenters. The van der Waals surface area contributed by atoms with Crippen LogP contribution in [-0.4, -0.2) is 30.4 Å². The molecule has 1 aliphatic rings. The summed E-state index contributed by atoms with van der Waals surface area (Å²) >= 11 is 6.02. The molecule has 64 valence electrons. The van der Waals surface area contributed by atoms with Gasteiger partial charge >= 0.3 is 0 Å². The maximum Gasteiger partial charge on any atom is 0.0543 e. The lowest BCUT2D eigenvalue weighted by atomic mass is 9.91. The topological polar surface area (TPSA) is 3.24 Å². The Morgan fingerprint density at radius 3 is 2.55 bits per heavy atom. The van der Waals surface area contributed by atoms with E-state index < -0.39 is 0 Å². The summed E-state index contributed by atoms with van der Waals surface area (Å²) in [6.07, 6.45) is 3.37. The second kappa shape index (κ2) is 3.59. The van der Waals surface area contributed by atoms with E-state index in [0.29, 0.717) is 6.04 Å². The zero-order valence-electron chi connectivity index (χ0n) is 7.31. The summed E-state index contributed by atoms with van der Waals surface area (Å²) in [6, 6.07) is 0.664. The third-order valence-electron chi connectivity index (χ3n) is 2.42. The fraction of sp³-hybridized carbons (Fsp3) is 0.778. The van der Waals surface area contributed by atoms with Gasteiger partial charge in [-0.1, -0.05) is 12.2 Å². The second-order valence-electron chi connectivity index (χ2n) is 3.52. The van der Waals surface area contributed by atoms with Crippen molar-refractivity contribution in [3.8, 4) is 0 Å². The molecule has 0 aliphatic heterocycles. The lowest BCUT2D eigenvalue weighted by Crippen LogP contribution is -2.33. The molecular weight excluding hydrogens is 158 g/mol. The van der Waals surface area contributed by atoms with E-state index in [4.69, 9.17) is 11.6 Å². The van der Waals surface area contributed by atoms with Crippen LogP contribution in [0.25, 0.3) is 0 Å². The second-order valence-corrected chi connectivity index (χ2v) is 4.05. The van der Waals surface area contributed by atoms with Crippen LogP contribution < -0.4 is 0 Å². The molecule has 2 atom stereocenters. The molecule has 1 nitrogen and oxygen atoms in total. The van der Waals surface area contributed by atoms with E-state index in [9.17, 15) is 0 Å². The van der Waals surface area contributed by atoms with E-state index in [1.165, 1.54) is 12.0 Å². The van der Waals surface area contributed by atoms with Crippen molar-refractivity contribution in [1.82, 2.24) is 4.90 Å². The molecule has 0 heterocycles. The summed E-state index contributed by atoms with van der Waals surface area (Å²) in [5, 5.41) is 0.228. The van der Waals surface area contributed by atoms with Gasteiger partial charge in [0.25, 0.3) is 0 Å². The minimum Gasteiger partial charge on any atom is -0.306 e. The summed E-state index contributed by atoms with van der Waals surface area (Å²) < 4.78 is 0. The molecule has 1 aliphatic carbocycles. The van der Waals surface area contributed by atoms with Gasteiger partial charge in [-0.25, -0.2) is 0 Å². The Kier molecular flexibility index (Phi) is 2.97. The van der Waals surface area contributed by atoms with E-state index in [1.807, 2.05) is 0 Å². The molecule has 0 aromatic rings. The van der Waals surface area contributed by atoms with Crippen molar-refractivity contribution >= 4 is 11.6 Å². The first kappa shape index (κ1) is 9.08.